The molecule has 24 heavy (non-hydrogen) atoms. The summed E-state index contributed by atoms with van der Waals surface area (Å²) in [7, 11) is 0. The van der Waals surface area contributed by atoms with Crippen LogP contribution < -0.4 is 5.32 Å². The van der Waals surface area contributed by atoms with Crippen LogP contribution in [-0.2, 0) is 0 Å². The number of nitrogens with one attached hydrogen (secondary N) is 1. The number of allylic oxidation sites excluding steroid dienone is 4. The second-order valence-electron chi connectivity index (χ2n) is 4.94. The first-order valence-corrected chi connectivity index (χ1v) is 9.61. The van der Waals surface area contributed by atoms with Crippen molar-refractivity contribution in [2.24, 2.45) is 5.92 Å². The van der Waals surface area contributed by atoms with Crippen LogP contribution in [0.1, 0.15) is 67.7 Å². The molecule has 1 rings (SSSR count). The topological polar surface area (TPSA) is 45.2 Å². The Hall–Kier alpha value is -1.55. The first-order valence-electron chi connectivity index (χ1n) is 8.73. The predicted molar refractivity (Wildman–Crippen MR) is 113 cm³/mol. The SMILES string of the molecule is C=C(CC)Nc1nccs1.C=CCC(C)/C=C(\C)O.CC.CCC. The van der Waals surface area contributed by atoms with E-state index in [1.165, 1.54) is 6.42 Å². The third kappa shape index (κ3) is 22.7. The summed E-state index contributed by atoms with van der Waals surface area (Å²) in [5, 5.41) is 14.7. The summed E-state index contributed by atoms with van der Waals surface area (Å²) in [4.78, 5) is 4.05. The fraction of sp³-hybridized carbons (Fsp3) is 0.550. The van der Waals surface area contributed by atoms with Gasteiger partial charge in [-0.2, -0.15) is 0 Å². The molecular weight excluding hydrogens is 316 g/mol. The van der Waals surface area contributed by atoms with Gasteiger partial charge in [0.1, 0.15) is 0 Å². The lowest BCUT2D eigenvalue weighted by Gasteiger charge is -2.00. The third-order valence-electron chi connectivity index (χ3n) is 2.21. The fourth-order valence-electron chi connectivity index (χ4n) is 1.27. The lowest BCUT2D eigenvalue weighted by Crippen LogP contribution is -1.94. The summed E-state index contributed by atoms with van der Waals surface area (Å²) in [6, 6.07) is 0. The number of aliphatic hydroxyl groups is 1. The molecule has 1 heterocycles. The summed E-state index contributed by atoms with van der Waals surface area (Å²) >= 11 is 1.58. The fourth-order valence-corrected chi connectivity index (χ4v) is 1.84. The van der Waals surface area contributed by atoms with Crippen molar-refractivity contribution in [3.8, 4) is 0 Å². The smallest absolute Gasteiger partial charge is 0.186 e. The van der Waals surface area contributed by atoms with Crippen molar-refractivity contribution >= 4 is 16.5 Å². The van der Waals surface area contributed by atoms with Crippen LogP contribution in [-0.4, -0.2) is 10.1 Å². The monoisotopic (exact) mass is 354 g/mol. The van der Waals surface area contributed by atoms with Gasteiger partial charge in [-0.3, -0.25) is 0 Å². The molecule has 0 aliphatic rings. The third-order valence-corrected chi connectivity index (χ3v) is 2.90. The van der Waals surface area contributed by atoms with E-state index in [0.29, 0.717) is 11.7 Å². The Morgan fingerprint density at radius 2 is 1.92 bits per heavy atom. The number of thiazole rings is 1. The van der Waals surface area contributed by atoms with Gasteiger partial charge in [0.2, 0.25) is 0 Å². The van der Waals surface area contributed by atoms with Gasteiger partial charge in [-0.25, -0.2) is 4.98 Å². The summed E-state index contributed by atoms with van der Waals surface area (Å²) < 4.78 is 0. The average Bonchev–Trinajstić information content (AvgIpc) is 3.03. The predicted octanol–water partition coefficient (Wildman–Crippen LogP) is 7.58. The van der Waals surface area contributed by atoms with E-state index in [1.807, 2.05) is 38.3 Å². The summed E-state index contributed by atoms with van der Waals surface area (Å²) in [5.41, 5.74) is 1.01. The maximum Gasteiger partial charge on any atom is 0.186 e. The molecule has 0 fully saturated rings. The van der Waals surface area contributed by atoms with Crippen molar-refractivity contribution in [2.45, 2.75) is 67.7 Å². The van der Waals surface area contributed by atoms with Crippen LogP contribution in [0, 0.1) is 5.92 Å². The van der Waals surface area contributed by atoms with Crippen molar-refractivity contribution in [3.63, 3.8) is 0 Å². The van der Waals surface area contributed by atoms with E-state index in [1.54, 1.807) is 24.5 Å². The van der Waals surface area contributed by atoms with E-state index in [0.717, 1.165) is 23.7 Å². The standard InChI is InChI=1S/C8H14O.C7H10N2S.C3H8.C2H6/c1-4-5-7(2)6-8(3)9;1-3-6(2)9-7-8-4-5-10-7;1-3-2;1-2/h4,6-7,9H,1,5H2,2-3H3;4-5H,2-3H2,1H3,(H,8,9);3H2,1-2H3;1-2H3/b8-6+;;;. The van der Waals surface area contributed by atoms with Crippen LogP contribution in [0.4, 0.5) is 5.13 Å². The average molecular weight is 355 g/mol. The molecule has 0 aliphatic heterocycles. The number of rotatable bonds is 6. The van der Waals surface area contributed by atoms with Crippen molar-refractivity contribution in [3.05, 3.63) is 48.3 Å². The molecule has 0 radical (unpaired) electrons. The molecule has 1 aromatic heterocycles. The molecule has 1 aromatic rings. The van der Waals surface area contributed by atoms with Crippen molar-refractivity contribution < 1.29 is 5.11 Å². The minimum atomic E-state index is 0.393. The van der Waals surface area contributed by atoms with Gasteiger partial charge in [-0.15, -0.1) is 17.9 Å². The molecular formula is C20H38N2OS. The van der Waals surface area contributed by atoms with Gasteiger partial charge in [0, 0.05) is 17.3 Å². The maximum absolute atomic E-state index is 8.78. The molecule has 0 aliphatic carbocycles. The zero-order chi connectivity index (χ0) is 19.4. The Kier molecular flexibility index (Phi) is 24.4. The highest BCUT2D eigenvalue weighted by atomic mass is 32.1. The second kappa shape index (κ2) is 21.4. The summed E-state index contributed by atoms with van der Waals surface area (Å²) in [6.45, 7) is 21.4. The lowest BCUT2D eigenvalue weighted by atomic mass is 10.1. The number of nitrogens with zero attached hydrogens (tertiary/aromatic N) is 1. The normalized spacial score (nSPS) is 10.5. The van der Waals surface area contributed by atoms with Crippen LogP contribution in [0.2, 0.25) is 0 Å². The molecule has 1 unspecified atom stereocenters. The quantitative estimate of drug-likeness (QED) is 0.408. The Bertz CT molecular complexity index is 407. The first kappa shape index (κ1) is 27.3. The van der Waals surface area contributed by atoms with Gasteiger partial charge >= 0.3 is 0 Å². The zero-order valence-corrected chi connectivity index (χ0v) is 17.5. The number of aromatic nitrogens is 1. The molecule has 140 valence electrons. The minimum absolute atomic E-state index is 0.393. The maximum atomic E-state index is 8.78. The molecule has 0 aromatic carbocycles. The molecule has 0 saturated heterocycles. The van der Waals surface area contributed by atoms with E-state index in [4.69, 9.17) is 5.11 Å². The van der Waals surface area contributed by atoms with Gasteiger partial charge in [0.05, 0.1) is 5.76 Å². The molecule has 0 amide bonds. The van der Waals surface area contributed by atoms with Gasteiger partial charge in [-0.05, 0) is 31.8 Å². The number of anilines is 1. The first-order chi connectivity index (χ1) is 11.4. The van der Waals surface area contributed by atoms with Crippen LogP contribution in [0.3, 0.4) is 0 Å². The molecule has 0 saturated carbocycles. The van der Waals surface area contributed by atoms with Gasteiger partial charge < -0.3 is 10.4 Å². The molecule has 2 N–H and O–H groups in total. The number of aliphatic hydroxyl groups excluding tert-OH is 1. The largest absolute Gasteiger partial charge is 0.513 e. The molecule has 0 bridgehead atoms. The highest BCUT2D eigenvalue weighted by Gasteiger charge is 1.93. The molecule has 4 heteroatoms. The van der Waals surface area contributed by atoms with Crippen molar-refractivity contribution in [1.82, 2.24) is 4.98 Å². The van der Waals surface area contributed by atoms with Crippen LogP contribution in [0.25, 0.3) is 0 Å². The van der Waals surface area contributed by atoms with E-state index < -0.39 is 0 Å². The van der Waals surface area contributed by atoms with Gasteiger partial charge in [0.15, 0.2) is 5.13 Å². The van der Waals surface area contributed by atoms with E-state index >= 15 is 0 Å². The van der Waals surface area contributed by atoms with Crippen LogP contribution >= 0.6 is 11.3 Å². The highest BCUT2D eigenvalue weighted by molar-refractivity contribution is 7.13. The lowest BCUT2D eigenvalue weighted by molar-refractivity contribution is 0.406. The summed E-state index contributed by atoms with van der Waals surface area (Å²) in [6.07, 6.45) is 8.57. The number of hydrogen-bond donors (Lipinski definition) is 2. The van der Waals surface area contributed by atoms with Crippen LogP contribution in [0.15, 0.2) is 48.3 Å². The van der Waals surface area contributed by atoms with Crippen LogP contribution in [0.5, 0.6) is 0 Å². The summed E-state index contributed by atoms with van der Waals surface area (Å²) in [5.74, 6) is 0.803. The Balaban J connectivity index is -0.000000292. The highest BCUT2D eigenvalue weighted by Crippen LogP contribution is 2.13. The zero-order valence-electron chi connectivity index (χ0n) is 16.7. The van der Waals surface area contributed by atoms with Gasteiger partial charge in [-0.1, -0.05) is 60.6 Å². The van der Waals surface area contributed by atoms with E-state index in [-0.39, 0.29) is 0 Å². The number of hydrogen-bond acceptors (Lipinski definition) is 4. The molecule has 0 spiro atoms. The van der Waals surface area contributed by atoms with Crippen molar-refractivity contribution in [1.29, 1.82) is 0 Å². The second-order valence-corrected chi connectivity index (χ2v) is 5.83. The minimum Gasteiger partial charge on any atom is -0.513 e. The molecule has 3 nitrogen and oxygen atoms in total. The van der Waals surface area contributed by atoms with Gasteiger partial charge in [0.25, 0.3) is 0 Å². The van der Waals surface area contributed by atoms with Crippen molar-refractivity contribution in [2.75, 3.05) is 5.32 Å². The Morgan fingerprint density at radius 3 is 2.25 bits per heavy atom. The van der Waals surface area contributed by atoms with E-state index in [9.17, 15) is 0 Å². The Morgan fingerprint density at radius 1 is 1.38 bits per heavy atom. The van der Waals surface area contributed by atoms with E-state index in [2.05, 4.69) is 44.2 Å². The Labute approximate surface area is 154 Å². The molecule has 1 atom stereocenters.